The average molecular weight is 429 g/mol. The molecule has 2 aromatic carbocycles. The Balaban J connectivity index is 1.36. The summed E-state index contributed by atoms with van der Waals surface area (Å²) in [6, 6.07) is 8.63. The lowest BCUT2D eigenvalue weighted by Gasteiger charge is -2.61. The fourth-order valence-electron chi connectivity index (χ4n) is 11.1. The van der Waals surface area contributed by atoms with E-state index in [2.05, 4.69) is 12.1 Å². The first-order chi connectivity index (χ1) is 15.5. The van der Waals surface area contributed by atoms with Crippen LogP contribution >= 0.6 is 0 Å². The molecule has 32 heavy (non-hydrogen) atoms. The molecule has 0 unspecified atom stereocenters. The zero-order chi connectivity index (χ0) is 21.2. The predicted octanol–water partition coefficient (Wildman–Crippen LogP) is 7.19. The third-order valence-corrected chi connectivity index (χ3v) is 11.3. The second-order valence-electron chi connectivity index (χ2n) is 13.5. The van der Waals surface area contributed by atoms with E-state index in [9.17, 15) is 10.2 Å². The van der Waals surface area contributed by atoms with Crippen molar-refractivity contribution in [2.24, 2.45) is 35.5 Å². The Kier molecular flexibility index (Phi) is 3.53. The van der Waals surface area contributed by atoms with Crippen molar-refractivity contribution in [1.82, 2.24) is 0 Å². The van der Waals surface area contributed by atoms with Gasteiger partial charge in [0, 0.05) is 0 Å². The highest BCUT2D eigenvalue weighted by atomic mass is 16.3. The van der Waals surface area contributed by atoms with E-state index in [0.717, 1.165) is 46.3 Å². The summed E-state index contributed by atoms with van der Waals surface area (Å²) in [6.07, 6.45) is 17.3. The first-order valence-electron chi connectivity index (χ1n) is 13.5. The molecular weight excluding hydrogens is 392 g/mol. The van der Waals surface area contributed by atoms with Gasteiger partial charge >= 0.3 is 0 Å². The van der Waals surface area contributed by atoms with Crippen LogP contribution in [0.2, 0.25) is 0 Å². The monoisotopic (exact) mass is 428 g/mol. The molecule has 0 saturated heterocycles. The number of hydrogen-bond acceptors (Lipinski definition) is 2. The van der Waals surface area contributed by atoms with Crippen molar-refractivity contribution in [3.63, 3.8) is 0 Å². The topological polar surface area (TPSA) is 40.5 Å². The minimum absolute atomic E-state index is 0.0246. The number of rotatable bonds is 2. The largest absolute Gasteiger partial charge is 0.504 e. The quantitative estimate of drug-likeness (QED) is 0.497. The highest BCUT2D eigenvalue weighted by molar-refractivity contribution is 5.88. The third kappa shape index (κ3) is 2.48. The summed E-state index contributed by atoms with van der Waals surface area (Å²) in [6.45, 7) is 0. The van der Waals surface area contributed by atoms with Gasteiger partial charge in [-0.3, -0.25) is 0 Å². The van der Waals surface area contributed by atoms with Crippen molar-refractivity contribution < 1.29 is 10.2 Å². The molecule has 8 bridgehead atoms. The molecule has 8 aliphatic rings. The summed E-state index contributed by atoms with van der Waals surface area (Å²) in [7, 11) is 0. The minimum Gasteiger partial charge on any atom is -0.504 e. The van der Waals surface area contributed by atoms with Gasteiger partial charge in [0.1, 0.15) is 0 Å². The molecule has 168 valence electrons. The van der Waals surface area contributed by atoms with Gasteiger partial charge in [0.15, 0.2) is 11.5 Å². The van der Waals surface area contributed by atoms with Gasteiger partial charge in [-0.1, -0.05) is 12.1 Å². The number of benzene rings is 2. The summed E-state index contributed by atoms with van der Waals surface area (Å²) in [4.78, 5) is 0. The van der Waals surface area contributed by atoms with E-state index < -0.39 is 0 Å². The molecule has 8 aliphatic carbocycles. The van der Waals surface area contributed by atoms with Crippen LogP contribution in [0.5, 0.6) is 11.5 Å². The summed E-state index contributed by atoms with van der Waals surface area (Å²) in [5.41, 5.74) is 4.09. The van der Waals surface area contributed by atoms with Crippen LogP contribution in [0.1, 0.15) is 88.2 Å². The normalized spacial score (nSPS) is 45.8. The Hall–Kier alpha value is -1.70. The Labute approximate surface area is 191 Å². The minimum atomic E-state index is 0.0246. The molecule has 0 amide bonds. The molecule has 8 fully saturated rings. The summed E-state index contributed by atoms with van der Waals surface area (Å²) in [5, 5.41) is 22.8. The van der Waals surface area contributed by atoms with Gasteiger partial charge in [0.2, 0.25) is 0 Å². The van der Waals surface area contributed by atoms with Gasteiger partial charge in [-0.05, 0) is 157 Å². The second-order valence-corrected chi connectivity index (χ2v) is 13.5. The molecule has 10 rings (SSSR count). The van der Waals surface area contributed by atoms with Crippen LogP contribution in [0, 0.1) is 35.5 Å². The first-order valence-corrected chi connectivity index (χ1v) is 13.5. The molecule has 2 aromatic rings. The number of phenolic OH excluding ortho intramolecular Hbond substituents is 2. The molecule has 0 spiro atoms. The smallest absolute Gasteiger partial charge is 0.158 e. The Bertz CT molecular complexity index is 968. The number of aromatic hydroxyl groups is 2. The van der Waals surface area contributed by atoms with E-state index >= 15 is 0 Å². The van der Waals surface area contributed by atoms with Crippen LogP contribution in [-0.4, -0.2) is 10.2 Å². The van der Waals surface area contributed by atoms with E-state index in [1.54, 1.807) is 11.1 Å². The Morgan fingerprint density at radius 2 is 0.750 bits per heavy atom. The third-order valence-electron chi connectivity index (χ3n) is 11.3. The molecule has 0 atom stereocenters. The summed E-state index contributed by atoms with van der Waals surface area (Å²) in [5.74, 6) is 5.68. The number of fused-ring (bicyclic) bond motifs is 1. The van der Waals surface area contributed by atoms with E-state index in [-0.39, 0.29) is 11.5 Å². The standard InChI is InChI=1S/C30H36O2/c31-27-9-23-7-25(29-11-17-1-18(12-29)3-19(2-17)13-29)26(8-24(23)10-28(27)32)30-14-20-4-21(15-30)6-22(5-20)16-30/h7-10,17-22,31-32H,1-6,11-16H2. The van der Waals surface area contributed by atoms with Crippen molar-refractivity contribution in [2.75, 3.05) is 0 Å². The molecule has 2 nitrogen and oxygen atoms in total. The maximum atomic E-state index is 10.3. The highest BCUT2D eigenvalue weighted by Crippen LogP contribution is 2.66. The number of phenols is 2. The SMILES string of the molecule is Oc1cc2cc(C34CC5CC(CC(C5)C3)C4)c(C34CC5CC(CC(C5)C3)C4)cc2cc1O. The van der Waals surface area contributed by atoms with Gasteiger partial charge in [-0.25, -0.2) is 0 Å². The maximum Gasteiger partial charge on any atom is 0.158 e. The molecule has 2 N–H and O–H groups in total. The van der Waals surface area contributed by atoms with Crippen LogP contribution in [0.4, 0.5) is 0 Å². The van der Waals surface area contributed by atoms with Gasteiger partial charge < -0.3 is 10.2 Å². The van der Waals surface area contributed by atoms with E-state index in [4.69, 9.17) is 0 Å². The molecule has 8 saturated carbocycles. The van der Waals surface area contributed by atoms with Crippen molar-refractivity contribution in [3.05, 3.63) is 35.4 Å². The number of hydrogen-bond donors (Lipinski definition) is 2. The fourth-order valence-corrected chi connectivity index (χ4v) is 11.1. The van der Waals surface area contributed by atoms with Crippen molar-refractivity contribution in [2.45, 2.75) is 87.9 Å². The molecule has 0 aromatic heterocycles. The highest BCUT2D eigenvalue weighted by Gasteiger charge is 2.56. The Morgan fingerprint density at radius 3 is 1.03 bits per heavy atom. The summed E-state index contributed by atoms with van der Waals surface area (Å²) < 4.78 is 0. The van der Waals surface area contributed by atoms with Crippen LogP contribution < -0.4 is 0 Å². The fraction of sp³-hybridized carbons (Fsp3) is 0.667. The van der Waals surface area contributed by atoms with E-state index in [0.29, 0.717) is 10.8 Å². The maximum absolute atomic E-state index is 10.3. The van der Waals surface area contributed by atoms with E-state index in [1.165, 1.54) is 77.0 Å². The lowest BCUT2D eigenvalue weighted by atomic mass is 9.44. The molecule has 0 aliphatic heterocycles. The van der Waals surface area contributed by atoms with Crippen molar-refractivity contribution >= 4 is 10.8 Å². The second kappa shape index (κ2) is 6.05. The Morgan fingerprint density at radius 1 is 0.469 bits per heavy atom. The van der Waals surface area contributed by atoms with Gasteiger partial charge in [0.25, 0.3) is 0 Å². The first kappa shape index (κ1) is 18.7. The van der Waals surface area contributed by atoms with Gasteiger partial charge in [-0.2, -0.15) is 0 Å². The zero-order valence-electron chi connectivity index (χ0n) is 19.2. The van der Waals surface area contributed by atoms with Crippen molar-refractivity contribution in [3.8, 4) is 11.5 Å². The zero-order valence-corrected chi connectivity index (χ0v) is 19.2. The van der Waals surface area contributed by atoms with E-state index in [1.807, 2.05) is 12.1 Å². The van der Waals surface area contributed by atoms with Crippen LogP contribution in [0.25, 0.3) is 10.8 Å². The molecular formula is C30H36O2. The van der Waals surface area contributed by atoms with Crippen molar-refractivity contribution in [1.29, 1.82) is 0 Å². The van der Waals surface area contributed by atoms with Crippen LogP contribution in [0.3, 0.4) is 0 Å². The lowest BCUT2D eigenvalue weighted by Crippen LogP contribution is -2.52. The summed E-state index contributed by atoms with van der Waals surface area (Å²) >= 11 is 0. The molecule has 0 heterocycles. The molecule has 2 heteroatoms. The van der Waals surface area contributed by atoms with Crippen LogP contribution in [-0.2, 0) is 10.8 Å². The molecule has 0 radical (unpaired) electrons. The van der Waals surface area contributed by atoms with Crippen LogP contribution in [0.15, 0.2) is 24.3 Å². The van der Waals surface area contributed by atoms with Gasteiger partial charge in [-0.15, -0.1) is 0 Å². The predicted molar refractivity (Wildman–Crippen MR) is 127 cm³/mol. The lowest BCUT2D eigenvalue weighted by molar-refractivity contribution is -0.0173. The van der Waals surface area contributed by atoms with Gasteiger partial charge in [0.05, 0.1) is 0 Å². The average Bonchev–Trinajstić information content (AvgIpc) is 2.72.